The summed E-state index contributed by atoms with van der Waals surface area (Å²) in [4.78, 5) is 21.1. The highest BCUT2D eigenvalue weighted by Crippen LogP contribution is 2.31. The van der Waals surface area contributed by atoms with Gasteiger partial charge in [0, 0.05) is 18.5 Å². The quantitative estimate of drug-likeness (QED) is 0.915. The highest BCUT2D eigenvalue weighted by molar-refractivity contribution is 7.13. The monoisotopic (exact) mass is 346 g/mol. The second-order valence-electron chi connectivity index (χ2n) is 6.10. The average molecular weight is 346 g/mol. The predicted octanol–water partition coefficient (Wildman–Crippen LogP) is 1.87. The average Bonchev–Trinajstić information content (AvgIpc) is 3.01. The number of nitrogen functional groups attached to an aromatic ring is 1. The molecule has 24 heavy (non-hydrogen) atoms. The Morgan fingerprint density at radius 3 is 2.79 bits per heavy atom. The summed E-state index contributed by atoms with van der Waals surface area (Å²) in [6.45, 7) is 1.80. The van der Waals surface area contributed by atoms with Crippen molar-refractivity contribution in [3.8, 4) is 0 Å². The smallest absolute Gasteiger partial charge is 0.274 e. The Labute approximate surface area is 145 Å². The van der Waals surface area contributed by atoms with E-state index in [0.717, 1.165) is 12.1 Å². The van der Waals surface area contributed by atoms with Crippen molar-refractivity contribution in [3.05, 3.63) is 47.0 Å². The van der Waals surface area contributed by atoms with Crippen LogP contribution in [0.25, 0.3) is 0 Å². The summed E-state index contributed by atoms with van der Waals surface area (Å²) in [7, 11) is 4.01. The Morgan fingerprint density at radius 2 is 2.17 bits per heavy atom. The van der Waals surface area contributed by atoms with E-state index in [1.807, 2.05) is 49.3 Å². The third kappa shape index (κ3) is 3.58. The molecule has 0 spiro atoms. The highest BCUT2D eigenvalue weighted by Gasteiger charge is 2.37. The van der Waals surface area contributed by atoms with Crippen molar-refractivity contribution in [3.63, 3.8) is 0 Å². The first-order valence-corrected chi connectivity index (χ1v) is 8.77. The lowest BCUT2D eigenvalue weighted by atomic mass is 9.97. The minimum absolute atomic E-state index is 0.0870. The number of thiazole rings is 1. The van der Waals surface area contributed by atoms with E-state index in [4.69, 9.17) is 10.5 Å². The third-order valence-electron chi connectivity index (χ3n) is 4.04. The number of anilines is 1. The molecule has 0 unspecified atom stereocenters. The van der Waals surface area contributed by atoms with E-state index in [-0.39, 0.29) is 18.1 Å². The molecule has 1 aliphatic heterocycles. The number of nitrogens with zero attached hydrogens (tertiary/aromatic N) is 3. The van der Waals surface area contributed by atoms with Crippen molar-refractivity contribution in [2.24, 2.45) is 0 Å². The molecule has 1 aliphatic rings. The number of nitrogens with two attached hydrogens (primary N) is 1. The molecule has 1 amide bonds. The number of ether oxygens (including phenoxy) is 1. The number of hydrogen-bond acceptors (Lipinski definition) is 6. The van der Waals surface area contributed by atoms with Gasteiger partial charge < -0.3 is 20.3 Å². The molecule has 7 heteroatoms. The fraction of sp³-hybridized carbons (Fsp3) is 0.412. The number of amides is 1. The normalized spacial score (nSPS) is 21.2. The van der Waals surface area contributed by atoms with Gasteiger partial charge in [0.1, 0.15) is 5.69 Å². The number of carbonyl (C=O) groups excluding carboxylic acids is 1. The van der Waals surface area contributed by atoms with Gasteiger partial charge in [0.15, 0.2) is 5.13 Å². The number of benzene rings is 1. The Bertz CT molecular complexity index is 689. The Hall–Kier alpha value is -1.96. The number of likely N-dealkylation sites (N-methyl/N-ethyl adjacent to an activating group) is 1. The minimum Gasteiger partial charge on any atom is -0.375 e. The van der Waals surface area contributed by atoms with Gasteiger partial charge in [-0.1, -0.05) is 30.3 Å². The summed E-state index contributed by atoms with van der Waals surface area (Å²) in [6.07, 6.45) is -0.0870. The third-order valence-corrected chi connectivity index (χ3v) is 4.71. The van der Waals surface area contributed by atoms with Gasteiger partial charge in [-0.15, -0.1) is 11.3 Å². The van der Waals surface area contributed by atoms with Crippen molar-refractivity contribution in [1.29, 1.82) is 0 Å². The van der Waals surface area contributed by atoms with Crippen molar-refractivity contribution in [2.45, 2.75) is 12.1 Å². The Kier molecular flexibility index (Phi) is 5.13. The van der Waals surface area contributed by atoms with Crippen LogP contribution in [0.3, 0.4) is 0 Å². The molecule has 2 aromatic rings. The zero-order chi connectivity index (χ0) is 17.1. The second kappa shape index (κ2) is 7.29. The molecular formula is C17H22N4O2S. The molecule has 1 aromatic heterocycles. The van der Waals surface area contributed by atoms with Crippen LogP contribution in [-0.4, -0.2) is 60.6 Å². The molecule has 0 bridgehead atoms. The maximum absolute atomic E-state index is 13.0. The van der Waals surface area contributed by atoms with Gasteiger partial charge in [-0.05, 0) is 19.7 Å². The maximum Gasteiger partial charge on any atom is 0.274 e. The largest absolute Gasteiger partial charge is 0.375 e. The molecular weight excluding hydrogens is 324 g/mol. The fourth-order valence-corrected chi connectivity index (χ4v) is 3.59. The first-order valence-electron chi connectivity index (χ1n) is 7.89. The standard InChI is InChI=1S/C17H22N4O2S/c1-20(2)10-14-15(12-6-4-3-5-7-12)21(8-9-23-14)16(22)13-11-24-17(18)19-13/h3-7,11,14-15H,8-10H2,1-2H3,(H2,18,19)/t14-,15-/m0/s1. The van der Waals surface area contributed by atoms with Crippen LogP contribution in [0.1, 0.15) is 22.1 Å². The summed E-state index contributed by atoms with van der Waals surface area (Å²) in [5.41, 5.74) is 7.17. The SMILES string of the molecule is CN(C)C[C@@H]1OCCN(C(=O)c2csc(N)n2)[C@H]1c1ccccc1. The van der Waals surface area contributed by atoms with E-state index in [1.54, 1.807) is 5.38 Å². The van der Waals surface area contributed by atoms with E-state index in [1.165, 1.54) is 11.3 Å². The molecule has 0 radical (unpaired) electrons. The van der Waals surface area contributed by atoms with Crippen LogP contribution in [0, 0.1) is 0 Å². The summed E-state index contributed by atoms with van der Waals surface area (Å²) in [5.74, 6) is -0.0936. The lowest BCUT2D eigenvalue weighted by Gasteiger charge is -2.42. The maximum atomic E-state index is 13.0. The van der Waals surface area contributed by atoms with Crippen LogP contribution in [0.5, 0.6) is 0 Å². The molecule has 2 N–H and O–H groups in total. The topological polar surface area (TPSA) is 71.7 Å². The van der Waals surface area contributed by atoms with E-state index in [9.17, 15) is 4.79 Å². The van der Waals surface area contributed by atoms with Gasteiger partial charge in [-0.2, -0.15) is 0 Å². The van der Waals surface area contributed by atoms with Gasteiger partial charge in [0.2, 0.25) is 0 Å². The van der Waals surface area contributed by atoms with Gasteiger partial charge in [0.25, 0.3) is 5.91 Å². The highest BCUT2D eigenvalue weighted by atomic mass is 32.1. The lowest BCUT2D eigenvalue weighted by molar-refractivity contribution is -0.0685. The first-order chi connectivity index (χ1) is 11.6. The molecule has 1 fully saturated rings. The number of carbonyl (C=O) groups is 1. The zero-order valence-electron chi connectivity index (χ0n) is 13.9. The number of aromatic nitrogens is 1. The molecule has 3 rings (SSSR count). The fourth-order valence-electron chi connectivity index (χ4n) is 3.05. The van der Waals surface area contributed by atoms with Gasteiger partial charge >= 0.3 is 0 Å². The molecule has 2 atom stereocenters. The van der Waals surface area contributed by atoms with Crippen LogP contribution in [0.15, 0.2) is 35.7 Å². The van der Waals surface area contributed by atoms with E-state index < -0.39 is 0 Å². The summed E-state index contributed by atoms with van der Waals surface area (Å²) in [5, 5.41) is 2.13. The van der Waals surface area contributed by atoms with Crippen molar-refractivity contribution in [1.82, 2.24) is 14.8 Å². The summed E-state index contributed by atoms with van der Waals surface area (Å²) >= 11 is 1.28. The zero-order valence-corrected chi connectivity index (χ0v) is 14.7. The molecule has 1 aromatic carbocycles. The molecule has 128 valence electrons. The number of rotatable bonds is 4. The van der Waals surface area contributed by atoms with Crippen molar-refractivity contribution in [2.75, 3.05) is 39.5 Å². The summed E-state index contributed by atoms with van der Waals surface area (Å²) < 4.78 is 6.00. The second-order valence-corrected chi connectivity index (χ2v) is 6.99. The van der Waals surface area contributed by atoms with E-state index >= 15 is 0 Å². The van der Waals surface area contributed by atoms with Crippen molar-refractivity contribution >= 4 is 22.4 Å². The molecule has 1 saturated heterocycles. The first kappa shape index (κ1) is 16.9. The van der Waals surface area contributed by atoms with Crippen molar-refractivity contribution < 1.29 is 9.53 Å². The minimum atomic E-state index is -0.141. The number of hydrogen-bond donors (Lipinski definition) is 1. The van der Waals surface area contributed by atoms with Crippen LogP contribution in [-0.2, 0) is 4.74 Å². The molecule has 6 nitrogen and oxygen atoms in total. The van der Waals surface area contributed by atoms with Gasteiger partial charge in [-0.25, -0.2) is 4.98 Å². The Balaban J connectivity index is 1.94. The van der Waals surface area contributed by atoms with E-state index in [0.29, 0.717) is 24.0 Å². The number of morpholine rings is 1. The van der Waals surface area contributed by atoms with Gasteiger partial charge in [0.05, 0.1) is 18.8 Å². The van der Waals surface area contributed by atoms with Crippen LogP contribution in [0.2, 0.25) is 0 Å². The lowest BCUT2D eigenvalue weighted by Crippen LogP contribution is -2.51. The van der Waals surface area contributed by atoms with E-state index in [2.05, 4.69) is 9.88 Å². The molecule has 0 saturated carbocycles. The Morgan fingerprint density at radius 1 is 1.42 bits per heavy atom. The molecule has 2 heterocycles. The van der Waals surface area contributed by atoms with Crippen LogP contribution < -0.4 is 5.73 Å². The van der Waals surface area contributed by atoms with Gasteiger partial charge in [-0.3, -0.25) is 4.79 Å². The van der Waals surface area contributed by atoms with Crippen LogP contribution >= 0.6 is 11.3 Å². The van der Waals surface area contributed by atoms with Crippen LogP contribution in [0.4, 0.5) is 5.13 Å². The molecule has 0 aliphatic carbocycles. The summed E-state index contributed by atoms with van der Waals surface area (Å²) in [6, 6.07) is 9.88. The predicted molar refractivity (Wildman–Crippen MR) is 95.0 cm³/mol.